The van der Waals surface area contributed by atoms with E-state index in [4.69, 9.17) is 11.6 Å². The van der Waals surface area contributed by atoms with E-state index in [0.29, 0.717) is 30.1 Å². The van der Waals surface area contributed by atoms with Gasteiger partial charge in [0.2, 0.25) is 5.91 Å². The summed E-state index contributed by atoms with van der Waals surface area (Å²) < 4.78 is 2.04. The summed E-state index contributed by atoms with van der Waals surface area (Å²) >= 11 is 6.27. The van der Waals surface area contributed by atoms with Gasteiger partial charge in [-0.1, -0.05) is 29.8 Å². The number of hydrogen-bond donors (Lipinski definition) is 1. The molecule has 1 aliphatic rings. The Morgan fingerprint density at radius 1 is 1.07 bits per heavy atom. The van der Waals surface area contributed by atoms with Gasteiger partial charge in [0.05, 0.1) is 5.02 Å². The average molecular weight is 396 g/mol. The molecule has 0 aliphatic carbocycles. The van der Waals surface area contributed by atoms with E-state index < -0.39 is 0 Å². The van der Waals surface area contributed by atoms with Crippen molar-refractivity contribution in [1.29, 1.82) is 0 Å². The molecular formula is C22H22ClN3O2. The Balaban J connectivity index is 1.36. The van der Waals surface area contributed by atoms with Crippen molar-refractivity contribution in [2.45, 2.75) is 25.8 Å². The molecule has 1 aromatic heterocycles. The van der Waals surface area contributed by atoms with Crippen LogP contribution in [0, 0.1) is 0 Å². The molecule has 144 valence electrons. The van der Waals surface area contributed by atoms with Gasteiger partial charge in [-0.15, -0.1) is 0 Å². The molecule has 0 spiro atoms. The van der Waals surface area contributed by atoms with Gasteiger partial charge in [0.25, 0.3) is 5.91 Å². The van der Waals surface area contributed by atoms with Crippen molar-refractivity contribution >= 4 is 40.0 Å². The second kappa shape index (κ2) is 8.07. The number of nitrogens with one attached hydrogen (secondary N) is 1. The van der Waals surface area contributed by atoms with E-state index in [2.05, 4.69) is 5.32 Å². The Hall–Kier alpha value is -2.79. The molecule has 0 saturated carbocycles. The van der Waals surface area contributed by atoms with E-state index in [0.717, 1.165) is 36.0 Å². The molecule has 1 N–H and O–H groups in total. The molecule has 1 fully saturated rings. The van der Waals surface area contributed by atoms with E-state index in [1.165, 1.54) is 0 Å². The zero-order valence-corrected chi connectivity index (χ0v) is 16.3. The summed E-state index contributed by atoms with van der Waals surface area (Å²) in [6, 6.07) is 15.2. The van der Waals surface area contributed by atoms with Crippen molar-refractivity contribution in [3.8, 4) is 0 Å². The third kappa shape index (κ3) is 3.76. The molecule has 6 heteroatoms. The van der Waals surface area contributed by atoms with Crippen LogP contribution in [-0.4, -0.2) is 29.5 Å². The SMILES string of the molecule is O=C(NCCn1cc(Cl)c2ccccc21)c1ccc(N2CCCCC2=O)cc1. The first-order valence-corrected chi connectivity index (χ1v) is 9.93. The Bertz CT molecular complexity index is 1010. The number of para-hydroxylation sites is 1. The monoisotopic (exact) mass is 395 g/mol. The van der Waals surface area contributed by atoms with Gasteiger partial charge in [-0.3, -0.25) is 9.59 Å². The topological polar surface area (TPSA) is 54.3 Å². The molecule has 4 rings (SSSR count). The van der Waals surface area contributed by atoms with Crippen LogP contribution in [0.5, 0.6) is 0 Å². The van der Waals surface area contributed by atoms with Gasteiger partial charge in [-0.2, -0.15) is 0 Å². The standard InChI is InChI=1S/C22H22ClN3O2/c23-19-15-25(20-6-2-1-5-18(19)20)14-12-24-22(28)16-8-10-17(11-9-16)26-13-4-3-7-21(26)27/h1-2,5-6,8-11,15H,3-4,7,12-14H2,(H,24,28). The fourth-order valence-electron chi connectivity index (χ4n) is 3.65. The summed E-state index contributed by atoms with van der Waals surface area (Å²) in [5, 5.41) is 4.67. The van der Waals surface area contributed by atoms with Crippen LogP contribution in [0.4, 0.5) is 5.69 Å². The van der Waals surface area contributed by atoms with Gasteiger partial charge < -0.3 is 14.8 Å². The van der Waals surface area contributed by atoms with Crippen molar-refractivity contribution in [2.24, 2.45) is 0 Å². The fourth-order valence-corrected chi connectivity index (χ4v) is 3.93. The highest BCUT2D eigenvalue weighted by Gasteiger charge is 2.19. The molecule has 2 amide bonds. The van der Waals surface area contributed by atoms with Crippen LogP contribution in [0.3, 0.4) is 0 Å². The van der Waals surface area contributed by atoms with Gasteiger partial charge in [0.1, 0.15) is 0 Å². The third-order valence-corrected chi connectivity index (χ3v) is 5.44. The molecule has 5 nitrogen and oxygen atoms in total. The summed E-state index contributed by atoms with van der Waals surface area (Å²) in [6.07, 6.45) is 4.47. The average Bonchev–Trinajstić information content (AvgIpc) is 3.04. The third-order valence-electron chi connectivity index (χ3n) is 5.14. The number of rotatable bonds is 5. The molecule has 1 saturated heterocycles. The lowest BCUT2D eigenvalue weighted by Gasteiger charge is -2.26. The van der Waals surface area contributed by atoms with E-state index in [1.807, 2.05) is 47.2 Å². The summed E-state index contributed by atoms with van der Waals surface area (Å²) in [4.78, 5) is 26.2. The number of piperidine rings is 1. The molecule has 1 aliphatic heterocycles. The molecule has 0 atom stereocenters. The first-order valence-electron chi connectivity index (χ1n) is 9.55. The molecule has 0 unspecified atom stereocenters. The summed E-state index contributed by atoms with van der Waals surface area (Å²) in [6.45, 7) is 1.89. The molecular weight excluding hydrogens is 374 g/mol. The zero-order valence-electron chi connectivity index (χ0n) is 15.5. The number of benzene rings is 2. The molecule has 28 heavy (non-hydrogen) atoms. The molecule has 0 radical (unpaired) electrons. The van der Waals surface area contributed by atoms with Crippen molar-refractivity contribution in [3.05, 3.63) is 65.3 Å². The smallest absolute Gasteiger partial charge is 0.251 e. The predicted molar refractivity (Wildman–Crippen MR) is 112 cm³/mol. The lowest BCUT2D eigenvalue weighted by Crippen LogP contribution is -2.35. The maximum Gasteiger partial charge on any atom is 0.251 e. The highest BCUT2D eigenvalue weighted by atomic mass is 35.5. The predicted octanol–water partition coefficient (Wildman–Crippen LogP) is 4.24. The van der Waals surface area contributed by atoms with E-state index in [1.54, 1.807) is 17.0 Å². The van der Waals surface area contributed by atoms with Crippen LogP contribution < -0.4 is 10.2 Å². The number of nitrogens with zero attached hydrogens (tertiary/aromatic N) is 2. The number of amides is 2. The number of halogens is 1. The maximum atomic E-state index is 12.4. The lowest BCUT2D eigenvalue weighted by atomic mass is 10.1. The number of hydrogen-bond acceptors (Lipinski definition) is 2. The summed E-state index contributed by atoms with van der Waals surface area (Å²) in [5.74, 6) is 0.0279. The van der Waals surface area contributed by atoms with Gasteiger partial charge >= 0.3 is 0 Å². The van der Waals surface area contributed by atoms with Crippen molar-refractivity contribution in [2.75, 3.05) is 18.0 Å². The Labute approximate surface area is 168 Å². The van der Waals surface area contributed by atoms with Gasteiger partial charge in [-0.25, -0.2) is 0 Å². The van der Waals surface area contributed by atoms with E-state index >= 15 is 0 Å². The van der Waals surface area contributed by atoms with Crippen molar-refractivity contribution in [1.82, 2.24) is 9.88 Å². The van der Waals surface area contributed by atoms with Gasteiger partial charge in [0, 0.05) is 54.4 Å². The number of carbonyl (C=O) groups is 2. The van der Waals surface area contributed by atoms with Crippen LogP contribution in [0.1, 0.15) is 29.6 Å². The van der Waals surface area contributed by atoms with E-state index in [9.17, 15) is 9.59 Å². The Kier molecular flexibility index (Phi) is 5.35. The second-order valence-electron chi connectivity index (χ2n) is 6.99. The van der Waals surface area contributed by atoms with Crippen LogP contribution in [0.15, 0.2) is 54.7 Å². The quantitative estimate of drug-likeness (QED) is 0.702. The van der Waals surface area contributed by atoms with Gasteiger partial charge in [-0.05, 0) is 43.2 Å². The lowest BCUT2D eigenvalue weighted by molar-refractivity contribution is -0.119. The van der Waals surface area contributed by atoms with Crippen LogP contribution in [0.2, 0.25) is 5.02 Å². The first-order chi connectivity index (χ1) is 13.6. The highest BCUT2D eigenvalue weighted by molar-refractivity contribution is 6.35. The van der Waals surface area contributed by atoms with Crippen LogP contribution in [-0.2, 0) is 11.3 Å². The van der Waals surface area contributed by atoms with Crippen molar-refractivity contribution < 1.29 is 9.59 Å². The number of aromatic nitrogens is 1. The summed E-state index contributed by atoms with van der Waals surface area (Å²) in [5.41, 5.74) is 2.50. The van der Waals surface area contributed by atoms with Gasteiger partial charge in [0.15, 0.2) is 0 Å². The normalized spacial score (nSPS) is 14.5. The molecule has 2 aromatic carbocycles. The number of fused-ring (bicyclic) bond motifs is 1. The minimum Gasteiger partial charge on any atom is -0.350 e. The van der Waals surface area contributed by atoms with Crippen LogP contribution in [0.25, 0.3) is 10.9 Å². The molecule has 3 aromatic rings. The zero-order chi connectivity index (χ0) is 19.5. The minimum atomic E-state index is -0.126. The minimum absolute atomic E-state index is 0.126. The Morgan fingerprint density at radius 3 is 2.64 bits per heavy atom. The Morgan fingerprint density at radius 2 is 1.86 bits per heavy atom. The largest absolute Gasteiger partial charge is 0.350 e. The second-order valence-corrected chi connectivity index (χ2v) is 7.40. The number of carbonyl (C=O) groups excluding carboxylic acids is 2. The highest BCUT2D eigenvalue weighted by Crippen LogP contribution is 2.25. The molecule has 0 bridgehead atoms. The number of anilines is 1. The van der Waals surface area contributed by atoms with Crippen LogP contribution >= 0.6 is 11.6 Å². The maximum absolute atomic E-state index is 12.4. The fraction of sp³-hybridized carbons (Fsp3) is 0.273. The van der Waals surface area contributed by atoms with Crippen molar-refractivity contribution in [3.63, 3.8) is 0 Å². The molecule has 2 heterocycles. The first kappa shape index (κ1) is 18.6. The van der Waals surface area contributed by atoms with E-state index in [-0.39, 0.29) is 11.8 Å². The summed E-state index contributed by atoms with van der Waals surface area (Å²) in [7, 11) is 0.